The van der Waals surface area contributed by atoms with Crippen LogP contribution in [0.25, 0.3) is 33.3 Å². The lowest BCUT2D eigenvalue weighted by atomic mass is 10.1. The zero-order valence-corrected chi connectivity index (χ0v) is 15.4. The first-order valence-electron chi connectivity index (χ1n) is 8.19. The number of hydrogen-bond donors (Lipinski definition) is 0. The van der Waals surface area contributed by atoms with Crippen molar-refractivity contribution in [3.63, 3.8) is 0 Å². The highest BCUT2D eigenvalue weighted by molar-refractivity contribution is 6.88. The monoisotopic (exact) mass is 332 g/mol. The summed E-state index contributed by atoms with van der Waals surface area (Å²) in [5.41, 5.74) is 4.53. The predicted molar refractivity (Wildman–Crippen MR) is 102 cm³/mol. The van der Waals surface area contributed by atoms with Gasteiger partial charge in [-0.2, -0.15) is 0 Å². The fourth-order valence-electron chi connectivity index (χ4n) is 2.95. The third-order valence-electron chi connectivity index (χ3n) is 4.42. The number of aromatic nitrogens is 2. The van der Waals surface area contributed by atoms with E-state index in [0.717, 1.165) is 22.0 Å². The molecule has 4 heteroatoms. The van der Waals surface area contributed by atoms with E-state index in [1.807, 2.05) is 19.2 Å². The number of furan rings is 1. The Balaban J connectivity index is 1.84. The van der Waals surface area contributed by atoms with Crippen molar-refractivity contribution in [1.82, 2.24) is 9.97 Å². The Labute approximate surface area is 142 Å². The lowest BCUT2D eigenvalue weighted by molar-refractivity contribution is 0.639. The number of fused-ring (bicyclic) bond motifs is 3. The second kappa shape index (κ2) is 5.28. The second-order valence-corrected chi connectivity index (χ2v) is 12.4. The van der Waals surface area contributed by atoms with E-state index < -0.39 is 8.07 Å². The van der Waals surface area contributed by atoms with Crippen LogP contribution in [-0.4, -0.2) is 18.0 Å². The smallest absolute Gasteiger partial charge is 0.229 e. The van der Waals surface area contributed by atoms with Gasteiger partial charge >= 0.3 is 0 Å². The van der Waals surface area contributed by atoms with E-state index in [1.54, 1.807) is 0 Å². The Morgan fingerprint density at radius 2 is 1.58 bits per heavy atom. The number of rotatable bonds is 2. The van der Waals surface area contributed by atoms with Gasteiger partial charge in [-0.15, -0.1) is 0 Å². The highest BCUT2D eigenvalue weighted by Crippen LogP contribution is 2.30. The number of hydrogen-bond acceptors (Lipinski definition) is 3. The second-order valence-electron chi connectivity index (χ2n) is 7.31. The molecule has 1 aromatic carbocycles. The Hall–Kier alpha value is -2.46. The van der Waals surface area contributed by atoms with Gasteiger partial charge in [0, 0.05) is 22.8 Å². The molecular weight excluding hydrogens is 312 g/mol. The molecule has 0 fully saturated rings. The summed E-state index contributed by atoms with van der Waals surface area (Å²) in [6.07, 6.45) is 1.88. The third kappa shape index (κ3) is 2.53. The molecule has 4 rings (SSSR count). The average Bonchev–Trinajstić information content (AvgIpc) is 2.90. The summed E-state index contributed by atoms with van der Waals surface area (Å²) in [7, 11) is -1.27. The van der Waals surface area contributed by atoms with Crippen molar-refractivity contribution in [2.45, 2.75) is 26.6 Å². The van der Waals surface area contributed by atoms with E-state index in [9.17, 15) is 0 Å². The van der Waals surface area contributed by atoms with Gasteiger partial charge < -0.3 is 4.42 Å². The van der Waals surface area contributed by atoms with Crippen LogP contribution in [0.2, 0.25) is 19.6 Å². The van der Waals surface area contributed by atoms with Crippen LogP contribution >= 0.6 is 0 Å². The quantitative estimate of drug-likeness (QED) is 0.490. The molecule has 0 atom stereocenters. The van der Waals surface area contributed by atoms with Crippen LogP contribution in [0.5, 0.6) is 0 Å². The lowest BCUT2D eigenvalue weighted by Gasteiger charge is -2.16. The molecule has 0 aliphatic rings. The van der Waals surface area contributed by atoms with Crippen LogP contribution in [0.1, 0.15) is 5.69 Å². The minimum Gasteiger partial charge on any atom is -0.419 e. The van der Waals surface area contributed by atoms with Crippen LogP contribution in [0, 0.1) is 6.92 Å². The van der Waals surface area contributed by atoms with Crippen LogP contribution in [0.4, 0.5) is 0 Å². The third-order valence-corrected chi connectivity index (χ3v) is 6.48. The Morgan fingerprint density at radius 3 is 2.29 bits per heavy atom. The van der Waals surface area contributed by atoms with Crippen molar-refractivity contribution < 1.29 is 4.42 Å². The maximum Gasteiger partial charge on any atom is 0.229 e. The first-order chi connectivity index (χ1) is 11.4. The molecule has 0 bridgehead atoms. The van der Waals surface area contributed by atoms with E-state index in [2.05, 4.69) is 66.0 Å². The summed E-state index contributed by atoms with van der Waals surface area (Å²) in [6.45, 7) is 9.05. The van der Waals surface area contributed by atoms with Gasteiger partial charge in [0.15, 0.2) is 0 Å². The zero-order valence-electron chi connectivity index (χ0n) is 14.4. The van der Waals surface area contributed by atoms with Gasteiger partial charge in [0.05, 0.1) is 13.5 Å². The summed E-state index contributed by atoms with van der Waals surface area (Å²) in [4.78, 5) is 8.95. The molecule has 0 radical (unpaired) electrons. The number of aryl methyl sites for hydroxylation is 1. The van der Waals surface area contributed by atoms with Gasteiger partial charge in [0.1, 0.15) is 0 Å². The van der Waals surface area contributed by atoms with Crippen molar-refractivity contribution in [3.8, 4) is 11.1 Å². The number of benzene rings is 1. The van der Waals surface area contributed by atoms with Crippen LogP contribution in [0.15, 0.2) is 53.1 Å². The molecule has 0 saturated carbocycles. The van der Waals surface area contributed by atoms with Crippen molar-refractivity contribution in [1.29, 1.82) is 0 Å². The molecule has 3 heterocycles. The van der Waals surface area contributed by atoms with Gasteiger partial charge in [-0.25, -0.2) is 9.97 Å². The van der Waals surface area contributed by atoms with Gasteiger partial charge in [-0.3, -0.25) is 0 Å². The van der Waals surface area contributed by atoms with E-state index in [1.165, 1.54) is 10.8 Å². The highest BCUT2D eigenvalue weighted by atomic mass is 28.3. The van der Waals surface area contributed by atoms with Crippen molar-refractivity contribution in [2.75, 3.05) is 0 Å². The molecule has 3 nitrogen and oxygen atoms in total. The molecule has 0 unspecified atom stereocenters. The Bertz CT molecular complexity index is 1040. The van der Waals surface area contributed by atoms with Gasteiger partial charge in [0.25, 0.3) is 0 Å². The summed E-state index contributed by atoms with van der Waals surface area (Å²) >= 11 is 0. The maximum atomic E-state index is 5.77. The van der Waals surface area contributed by atoms with E-state index >= 15 is 0 Å². The number of pyridine rings is 2. The molecule has 0 N–H and O–H groups in total. The Morgan fingerprint density at radius 1 is 0.833 bits per heavy atom. The van der Waals surface area contributed by atoms with Gasteiger partial charge in [-0.1, -0.05) is 49.1 Å². The molecule has 120 valence electrons. The lowest BCUT2D eigenvalue weighted by Crippen LogP contribution is -2.37. The molecule has 0 amide bonds. The predicted octanol–water partition coefficient (Wildman–Crippen LogP) is 4.90. The summed E-state index contributed by atoms with van der Waals surface area (Å²) in [6, 6.07) is 15.1. The fourth-order valence-corrected chi connectivity index (χ4v) is 4.12. The first kappa shape index (κ1) is 15.1. The van der Waals surface area contributed by atoms with Crippen LogP contribution in [-0.2, 0) is 0 Å². The molecule has 0 saturated heterocycles. The molecule has 3 aromatic heterocycles. The van der Waals surface area contributed by atoms with E-state index in [4.69, 9.17) is 4.42 Å². The topological polar surface area (TPSA) is 38.9 Å². The highest BCUT2D eigenvalue weighted by Gasteiger charge is 2.16. The summed E-state index contributed by atoms with van der Waals surface area (Å²) < 4.78 is 5.77. The molecule has 0 aliphatic heterocycles. The summed E-state index contributed by atoms with van der Waals surface area (Å²) in [5.74, 6) is 0. The largest absolute Gasteiger partial charge is 0.419 e. The van der Waals surface area contributed by atoms with Crippen molar-refractivity contribution >= 4 is 35.5 Å². The summed E-state index contributed by atoms with van der Waals surface area (Å²) in [5, 5.41) is 3.50. The van der Waals surface area contributed by atoms with Crippen LogP contribution < -0.4 is 5.19 Å². The van der Waals surface area contributed by atoms with Crippen molar-refractivity contribution in [3.05, 3.63) is 54.4 Å². The van der Waals surface area contributed by atoms with Gasteiger partial charge in [0.2, 0.25) is 11.4 Å². The van der Waals surface area contributed by atoms with E-state index in [-0.39, 0.29) is 0 Å². The zero-order chi connectivity index (χ0) is 16.9. The minimum atomic E-state index is -1.27. The van der Waals surface area contributed by atoms with Gasteiger partial charge in [-0.05, 0) is 30.7 Å². The SMILES string of the molecule is Cc1ccc2c(n1)oc1ncc(-c3ccc([Si](C)(C)C)cc3)cc12. The number of nitrogens with zero attached hydrogens (tertiary/aromatic N) is 2. The normalized spacial score (nSPS) is 12.2. The first-order valence-corrected chi connectivity index (χ1v) is 11.7. The van der Waals surface area contributed by atoms with Crippen molar-refractivity contribution in [2.24, 2.45) is 0 Å². The molecular formula is C20H20N2OSi. The standard InChI is InChI=1S/C20H20N2OSi/c1-13-5-10-17-18-11-15(12-21-19(18)23-20(17)22-13)14-6-8-16(9-7-14)24(2,3)4/h5-12H,1-4H3. The maximum absolute atomic E-state index is 5.77. The fraction of sp³-hybridized carbons (Fsp3) is 0.200. The molecule has 24 heavy (non-hydrogen) atoms. The average molecular weight is 332 g/mol. The molecule has 4 aromatic rings. The van der Waals surface area contributed by atoms with E-state index in [0.29, 0.717) is 11.4 Å². The van der Waals surface area contributed by atoms with Crippen LogP contribution in [0.3, 0.4) is 0 Å². The molecule has 0 spiro atoms. The Kier molecular flexibility index (Phi) is 3.32. The minimum absolute atomic E-state index is 0.644. The molecule has 0 aliphatic carbocycles.